The Bertz CT molecular complexity index is 275. The molecule has 0 fully saturated rings. The van der Waals surface area contributed by atoms with E-state index >= 15 is 0 Å². The molecule has 0 saturated carbocycles. The first-order chi connectivity index (χ1) is 7.45. The summed E-state index contributed by atoms with van der Waals surface area (Å²) in [5.41, 5.74) is 0. The van der Waals surface area contributed by atoms with Gasteiger partial charge in [0, 0.05) is 19.3 Å². The van der Waals surface area contributed by atoms with Crippen molar-refractivity contribution >= 4 is 55.5 Å². The van der Waals surface area contributed by atoms with Crippen molar-refractivity contribution < 1.29 is 34.2 Å². The van der Waals surface area contributed by atoms with Crippen LogP contribution in [0.1, 0.15) is 13.3 Å². The molecule has 0 aliphatic carbocycles. The molecule has 0 aromatic heterocycles. The average molecular weight is 291 g/mol. The standard InChI is InChI=1S/C7H15NO3.C3H4O3.Ca.2H/c1-8(2,3)5-6(9)4-7(10)11;1-2(4)3(5)6;;;/h6,9H,4-5H2,1-3H3;1H3,(H,5,6);;;. The van der Waals surface area contributed by atoms with Gasteiger partial charge in [0.05, 0.1) is 21.1 Å². The fourth-order valence-corrected chi connectivity index (χ4v) is 0.889. The topological polar surface area (TPSA) is 115 Å². The van der Waals surface area contributed by atoms with Crippen LogP contribution in [0.2, 0.25) is 0 Å². The van der Waals surface area contributed by atoms with E-state index in [1.54, 1.807) is 0 Å². The number of carbonyl (C=O) groups excluding carboxylic acids is 2. The number of hydrogen-bond donors (Lipinski definition) is 2. The third-order valence-electron chi connectivity index (χ3n) is 1.46. The maximum atomic E-state index is 10.0. The Morgan fingerprint density at radius 3 is 1.72 bits per heavy atom. The molecule has 8 heteroatoms. The van der Waals surface area contributed by atoms with Crippen LogP contribution in [0.4, 0.5) is 0 Å². The van der Waals surface area contributed by atoms with Crippen LogP contribution in [0.3, 0.4) is 0 Å². The first-order valence-corrected chi connectivity index (χ1v) is 4.88. The number of aliphatic hydroxyl groups excluding tert-OH is 1. The van der Waals surface area contributed by atoms with Gasteiger partial charge >= 0.3 is 43.7 Å². The summed E-state index contributed by atoms with van der Waals surface area (Å²) in [6.45, 7) is 1.43. The Morgan fingerprint density at radius 1 is 1.22 bits per heavy atom. The van der Waals surface area contributed by atoms with Gasteiger partial charge in [-0.15, -0.1) is 0 Å². The van der Waals surface area contributed by atoms with Crippen LogP contribution < -0.4 is 5.11 Å². The number of nitrogens with zero attached hydrogens (tertiary/aromatic N) is 1. The molecule has 0 aliphatic heterocycles. The molecule has 0 aliphatic rings. The normalized spacial score (nSPS) is 11.4. The van der Waals surface area contributed by atoms with Crippen molar-refractivity contribution in [2.45, 2.75) is 19.4 Å². The minimum atomic E-state index is -1.38. The van der Waals surface area contributed by atoms with Crippen LogP contribution in [-0.2, 0) is 14.4 Å². The summed E-state index contributed by atoms with van der Waals surface area (Å²) >= 11 is 0. The van der Waals surface area contributed by atoms with E-state index < -0.39 is 23.8 Å². The van der Waals surface area contributed by atoms with Gasteiger partial charge in [-0.2, -0.15) is 0 Å². The van der Waals surface area contributed by atoms with Gasteiger partial charge in [0.2, 0.25) is 5.78 Å². The molecule has 0 rings (SSSR count). The van der Waals surface area contributed by atoms with Crippen LogP contribution in [0.5, 0.6) is 0 Å². The summed E-state index contributed by atoms with van der Waals surface area (Å²) in [5, 5.41) is 26.8. The third-order valence-corrected chi connectivity index (χ3v) is 1.46. The summed E-state index contributed by atoms with van der Waals surface area (Å²) in [6, 6.07) is 0. The molecule has 0 heterocycles. The van der Waals surface area contributed by atoms with Crippen molar-refractivity contribution in [1.82, 2.24) is 0 Å². The Labute approximate surface area is 136 Å². The van der Waals surface area contributed by atoms with Crippen molar-refractivity contribution in [2.75, 3.05) is 27.7 Å². The second-order valence-corrected chi connectivity index (χ2v) is 4.56. The molecular formula is C10H21CaNO6. The molecule has 7 nitrogen and oxygen atoms in total. The number of aliphatic carboxylic acids is 2. The Hall–Kier alpha value is -0.210. The summed E-state index contributed by atoms with van der Waals surface area (Å²) < 4.78 is 0.550. The second-order valence-electron chi connectivity index (χ2n) is 4.56. The van der Waals surface area contributed by atoms with Crippen LogP contribution >= 0.6 is 0 Å². The van der Waals surface area contributed by atoms with Crippen molar-refractivity contribution in [3.8, 4) is 0 Å². The van der Waals surface area contributed by atoms with Gasteiger partial charge in [-0.05, 0) is 0 Å². The van der Waals surface area contributed by atoms with E-state index in [0.29, 0.717) is 11.0 Å². The zero-order chi connectivity index (χ0) is 14.2. The minimum absolute atomic E-state index is 0. The fraction of sp³-hybridized carbons (Fsp3) is 0.700. The number of quaternary nitrogens is 1. The first-order valence-electron chi connectivity index (χ1n) is 4.88. The Kier molecular flexibility index (Phi) is 13.6. The van der Waals surface area contributed by atoms with E-state index in [1.807, 2.05) is 21.1 Å². The van der Waals surface area contributed by atoms with Gasteiger partial charge in [0.15, 0.2) is 0 Å². The van der Waals surface area contributed by atoms with Crippen molar-refractivity contribution in [3.05, 3.63) is 0 Å². The predicted molar refractivity (Wildman–Crippen MR) is 65.4 cm³/mol. The number of Topliss-reactive ketones (excluding diaryl/α,β-unsaturated/α-hetero) is 1. The van der Waals surface area contributed by atoms with Crippen LogP contribution in [0.25, 0.3) is 0 Å². The van der Waals surface area contributed by atoms with Crippen LogP contribution in [-0.4, -0.2) is 104 Å². The number of likely N-dealkylation sites (N-methyl/N-ethyl adjacent to an activating group) is 1. The van der Waals surface area contributed by atoms with Crippen molar-refractivity contribution in [2.24, 2.45) is 0 Å². The number of aliphatic hydroxyl groups is 1. The first kappa shape index (κ1) is 22.9. The summed E-state index contributed by atoms with van der Waals surface area (Å²) in [5.74, 6) is -3.41. The zero-order valence-corrected chi connectivity index (χ0v) is 10.5. The maximum absolute atomic E-state index is 10.0. The Morgan fingerprint density at radius 2 is 1.56 bits per heavy atom. The van der Waals surface area contributed by atoms with Crippen molar-refractivity contribution in [1.29, 1.82) is 0 Å². The number of rotatable bonds is 5. The molecule has 0 spiro atoms. The van der Waals surface area contributed by atoms with Crippen LogP contribution in [0.15, 0.2) is 0 Å². The number of carboxylic acid groups (broad SMARTS) is 2. The van der Waals surface area contributed by atoms with E-state index in [2.05, 4.69) is 0 Å². The van der Waals surface area contributed by atoms with E-state index in [0.717, 1.165) is 6.92 Å². The molecule has 0 radical (unpaired) electrons. The van der Waals surface area contributed by atoms with Gasteiger partial charge in [-0.1, -0.05) is 0 Å². The number of carboxylic acids is 2. The summed E-state index contributed by atoms with van der Waals surface area (Å²) in [6.07, 6.45) is -1.09. The molecule has 0 aromatic rings. The molecule has 0 aromatic carbocycles. The van der Waals surface area contributed by atoms with Gasteiger partial charge < -0.3 is 24.6 Å². The molecule has 0 bridgehead atoms. The third kappa shape index (κ3) is 21.1. The summed E-state index contributed by atoms with van der Waals surface area (Å²) in [7, 11) is 5.66. The van der Waals surface area contributed by atoms with E-state index in [-0.39, 0.29) is 44.2 Å². The predicted octanol–water partition coefficient (Wildman–Crippen LogP) is -3.06. The van der Waals surface area contributed by atoms with Crippen molar-refractivity contribution in [3.63, 3.8) is 0 Å². The molecular weight excluding hydrogens is 270 g/mol. The SMILES string of the molecule is CC(=O)C(=O)O.C[N+](C)(C)CC(O)CC(=O)[O-].[CaH2]. The zero-order valence-electron chi connectivity index (χ0n) is 10.5. The fourth-order valence-electron chi connectivity index (χ4n) is 0.889. The molecule has 0 saturated heterocycles. The Balaban J connectivity index is -0.000000277. The van der Waals surface area contributed by atoms with E-state index in [9.17, 15) is 19.5 Å². The second kappa shape index (κ2) is 10.7. The van der Waals surface area contributed by atoms with Gasteiger partial charge in [-0.3, -0.25) is 4.79 Å². The van der Waals surface area contributed by atoms with Crippen LogP contribution in [0, 0.1) is 0 Å². The van der Waals surface area contributed by atoms with E-state index in [1.165, 1.54) is 0 Å². The van der Waals surface area contributed by atoms with Gasteiger partial charge in [-0.25, -0.2) is 4.79 Å². The number of ketones is 1. The van der Waals surface area contributed by atoms with Gasteiger partial charge in [0.25, 0.3) is 0 Å². The monoisotopic (exact) mass is 291 g/mol. The molecule has 104 valence electrons. The number of hydrogen-bond acceptors (Lipinski definition) is 5. The van der Waals surface area contributed by atoms with Gasteiger partial charge in [0.1, 0.15) is 12.6 Å². The molecule has 1 unspecified atom stereocenters. The van der Waals surface area contributed by atoms with E-state index in [4.69, 9.17) is 10.2 Å². The quantitative estimate of drug-likeness (QED) is 0.316. The molecule has 1 atom stereocenters. The number of carbonyl (C=O) groups is 3. The average Bonchev–Trinajstić information content (AvgIpc) is 1.98. The molecule has 0 amide bonds. The molecule has 2 N–H and O–H groups in total. The summed E-state index contributed by atoms with van der Waals surface area (Å²) in [4.78, 5) is 28.9. The molecule has 18 heavy (non-hydrogen) atoms.